The molecule has 1 aromatic rings. The quantitative estimate of drug-likeness (QED) is 0.596. The standard InChI is InChI=1S/C11H11O.H2O.Rb/c1-8-7-11(8)9-3-2-4-10(12)6-5-9;;/h2-3,5-6,8,11H,7H2,1H3;1H2;/q-1;;+1/p-1/t8-,11?;;/m0../s1. The van der Waals surface area contributed by atoms with Crippen LogP contribution in [0.5, 0.6) is 0 Å². The second-order valence-corrected chi connectivity index (χ2v) is 3.49. The van der Waals surface area contributed by atoms with Gasteiger partial charge < -0.3 is 10.3 Å². The molecule has 2 rings (SSSR count). The summed E-state index contributed by atoms with van der Waals surface area (Å²) in [5.41, 5.74) is 1.25. The molecule has 1 aliphatic rings. The van der Waals surface area contributed by atoms with E-state index in [0.717, 1.165) is 5.92 Å². The van der Waals surface area contributed by atoms with E-state index >= 15 is 0 Å². The summed E-state index contributed by atoms with van der Waals surface area (Å²) < 4.78 is 0. The molecule has 0 aromatic heterocycles. The molecule has 2 nitrogen and oxygen atoms in total. The zero-order chi connectivity index (χ0) is 8.55. The molecule has 1 saturated carbocycles. The smallest absolute Gasteiger partial charge is 0.870 e. The van der Waals surface area contributed by atoms with Gasteiger partial charge in [-0.3, -0.25) is 0 Å². The Balaban J connectivity index is 0.000000845. The fraction of sp³-hybridized carbons (Fsp3) is 0.364. The van der Waals surface area contributed by atoms with Crippen molar-refractivity contribution < 1.29 is 63.7 Å². The van der Waals surface area contributed by atoms with Gasteiger partial charge in [-0.05, 0) is 18.3 Å². The summed E-state index contributed by atoms with van der Waals surface area (Å²) in [6, 6.07) is 9.89. The summed E-state index contributed by atoms with van der Waals surface area (Å²) in [6.45, 7) is 2.24. The summed E-state index contributed by atoms with van der Waals surface area (Å²) in [4.78, 5) is 10.9. The Morgan fingerprint density at radius 1 is 1.36 bits per heavy atom. The third-order valence-electron chi connectivity index (χ3n) is 2.47. The Kier molecular flexibility index (Phi) is 6.58. The van der Waals surface area contributed by atoms with Gasteiger partial charge in [-0.15, -0.1) is 23.8 Å². The molecule has 0 amide bonds. The Morgan fingerprint density at radius 3 is 2.57 bits per heavy atom. The van der Waals surface area contributed by atoms with Crippen LogP contribution in [0, 0.1) is 12.0 Å². The van der Waals surface area contributed by atoms with Crippen molar-refractivity contribution in [3.63, 3.8) is 0 Å². The molecule has 0 spiro atoms. The molecule has 0 bridgehead atoms. The van der Waals surface area contributed by atoms with Crippen LogP contribution in [-0.4, -0.2) is 5.48 Å². The van der Waals surface area contributed by atoms with Gasteiger partial charge in [-0.25, -0.2) is 0 Å². The van der Waals surface area contributed by atoms with E-state index in [9.17, 15) is 4.79 Å². The predicted molar refractivity (Wildman–Crippen MR) is 50.0 cm³/mol. The molecule has 0 heterocycles. The molecule has 1 fully saturated rings. The third kappa shape index (κ3) is 3.67. The van der Waals surface area contributed by atoms with Crippen molar-refractivity contribution in [3.8, 4) is 0 Å². The number of hydrogen-bond donors (Lipinski definition) is 0. The third-order valence-corrected chi connectivity index (χ3v) is 2.47. The molecule has 14 heavy (non-hydrogen) atoms. The van der Waals surface area contributed by atoms with Crippen LogP contribution in [0.25, 0.3) is 0 Å². The Bertz CT molecular complexity index is 351. The largest absolute Gasteiger partial charge is 1.00 e. The van der Waals surface area contributed by atoms with Crippen molar-refractivity contribution in [1.29, 1.82) is 0 Å². The first-order valence-electron chi connectivity index (χ1n) is 4.29. The van der Waals surface area contributed by atoms with Crippen LogP contribution in [0.4, 0.5) is 0 Å². The Hall–Kier alpha value is 0.655. The van der Waals surface area contributed by atoms with Crippen molar-refractivity contribution in [2.24, 2.45) is 5.92 Å². The molecule has 1 N–H and O–H groups in total. The maximum absolute atomic E-state index is 10.9. The van der Waals surface area contributed by atoms with Crippen LogP contribution in [0.3, 0.4) is 0 Å². The number of hydrogen-bond acceptors (Lipinski definition) is 2. The zero-order valence-corrected chi connectivity index (χ0v) is 13.4. The number of rotatable bonds is 1. The molecular weight excluding hydrogens is 250 g/mol. The summed E-state index contributed by atoms with van der Waals surface area (Å²) >= 11 is 0. The van der Waals surface area contributed by atoms with E-state index in [1.807, 2.05) is 12.1 Å². The molecule has 1 unspecified atom stereocenters. The van der Waals surface area contributed by atoms with Gasteiger partial charge in [0.1, 0.15) is 0 Å². The molecule has 1 aromatic carbocycles. The summed E-state index contributed by atoms with van der Waals surface area (Å²) in [6.07, 6.45) is 1.26. The molecule has 2 atom stereocenters. The first-order chi connectivity index (χ1) is 5.77. The van der Waals surface area contributed by atoms with Crippen molar-refractivity contribution in [3.05, 3.63) is 46.1 Å². The average molecular weight is 262 g/mol. The van der Waals surface area contributed by atoms with Gasteiger partial charge in [0.05, 0.1) is 5.43 Å². The normalized spacial score (nSPS) is 22.9. The Morgan fingerprint density at radius 2 is 2.00 bits per heavy atom. The SMILES string of the molecule is C[C@H]1CC1c1cc[c-]c(=O)cc1.[OH-].[Rb+]. The van der Waals surface area contributed by atoms with E-state index in [-0.39, 0.29) is 69.1 Å². The molecule has 70 valence electrons. The first kappa shape index (κ1) is 14.7. The maximum atomic E-state index is 10.9. The van der Waals surface area contributed by atoms with Crippen LogP contribution < -0.4 is 63.6 Å². The first-order valence-corrected chi connectivity index (χ1v) is 4.29. The van der Waals surface area contributed by atoms with Crippen LogP contribution in [0.1, 0.15) is 24.8 Å². The van der Waals surface area contributed by atoms with Gasteiger partial charge >= 0.3 is 58.2 Å². The van der Waals surface area contributed by atoms with Gasteiger partial charge in [0.15, 0.2) is 0 Å². The molecular formula is C11H12O2Rb-. The fourth-order valence-electron chi connectivity index (χ4n) is 1.53. The van der Waals surface area contributed by atoms with E-state index in [1.165, 1.54) is 12.0 Å². The van der Waals surface area contributed by atoms with E-state index in [4.69, 9.17) is 0 Å². The van der Waals surface area contributed by atoms with Gasteiger partial charge in [-0.1, -0.05) is 6.92 Å². The van der Waals surface area contributed by atoms with Crippen molar-refractivity contribution in [2.45, 2.75) is 19.3 Å². The van der Waals surface area contributed by atoms with Crippen molar-refractivity contribution in [2.75, 3.05) is 0 Å². The Labute approximate surface area is 133 Å². The van der Waals surface area contributed by atoms with Gasteiger partial charge in [-0.2, -0.15) is 12.1 Å². The predicted octanol–water partition coefficient (Wildman–Crippen LogP) is -1.20. The molecule has 1 aliphatic carbocycles. The minimum absolute atomic E-state index is 0. The summed E-state index contributed by atoms with van der Waals surface area (Å²) in [7, 11) is 0. The van der Waals surface area contributed by atoms with Crippen LogP contribution >= 0.6 is 0 Å². The van der Waals surface area contributed by atoms with Crippen LogP contribution in [0.2, 0.25) is 0 Å². The summed E-state index contributed by atoms with van der Waals surface area (Å²) in [5.74, 6) is 1.48. The van der Waals surface area contributed by atoms with Crippen LogP contribution in [0.15, 0.2) is 29.1 Å². The second-order valence-electron chi connectivity index (χ2n) is 3.49. The van der Waals surface area contributed by atoms with Gasteiger partial charge in [0.25, 0.3) is 0 Å². The van der Waals surface area contributed by atoms with Gasteiger partial charge in [0.2, 0.25) is 0 Å². The average Bonchev–Trinajstić information content (AvgIpc) is 2.75. The zero-order valence-electron chi connectivity index (χ0n) is 8.53. The minimum atomic E-state index is -0.0328. The molecule has 0 saturated heterocycles. The molecule has 3 heteroatoms. The van der Waals surface area contributed by atoms with E-state index in [1.54, 1.807) is 12.1 Å². The topological polar surface area (TPSA) is 47.1 Å². The summed E-state index contributed by atoms with van der Waals surface area (Å²) in [5, 5.41) is 0. The fourth-order valence-corrected chi connectivity index (χ4v) is 1.53. The van der Waals surface area contributed by atoms with E-state index in [2.05, 4.69) is 13.0 Å². The van der Waals surface area contributed by atoms with E-state index in [0.29, 0.717) is 5.92 Å². The minimum Gasteiger partial charge on any atom is -0.870 e. The van der Waals surface area contributed by atoms with E-state index < -0.39 is 0 Å². The monoisotopic (exact) mass is 261 g/mol. The van der Waals surface area contributed by atoms with Gasteiger partial charge in [0, 0.05) is 0 Å². The molecule has 0 aliphatic heterocycles. The van der Waals surface area contributed by atoms with Crippen LogP contribution in [-0.2, 0) is 0 Å². The van der Waals surface area contributed by atoms with Crippen molar-refractivity contribution in [1.82, 2.24) is 0 Å². The second kappa shape index (κ2) is 6.28. The molecule has 0 radical (unpaired) electrons. The maximum Gasteiger partial charge on any atom is 1.00 e. The van der Waals surface area contributed by atoms with Crippen molar-refractivity contribution >= 4 is 0 Å².